The van der Waals surface area contributed by atoms with Gasteiger partial charge in [0, 0.05) is 0 Å². The van der Waals surface area contributed by atoms with Gasteiger partial charge in [-0.1, -0.05) is 37.3 Å². The number of H-pyrrole nitrogens is 1. The van der Waals surface area contributed by atoms with Crippen molar-refractivity contribution in [1.29, 1.82) is 0 Å². The first-order chi connectivity index (χ1) is 10.8. The maximum Gasteiger partial charge on any atom is 0.127 e. The van der Waals surface area contributed by atoms with Crippen molar-refractivity contribution >= 4 is 0 Å². The van der Waals surface area contributed by atoms with Gasteiger partial charge in [-0.25, -0.2) is 0 Å². The van der Waals surface area contributed by atoms with E-state index in [1.165, 1.54) is 5.56 Å². The Hall–Kier alpha value is -2.62. The number of nitrogens with one attached hydrogen (secondary N) is 1. The van der Waals surface area contributed by atoms with Gasteiger partial charge in [-0.05, 0) is 48.6 Å². The molecule has 0 aliphatic heterocycles. The average Bonchev–Trinajstić information content (AvgIpc) is 3.08. The minimum Gasteiger partial charge on any atom is -0.457 e. The lowest BCUT2D eigenvalue weighted by Crippen LogP contribution is -2.02. The first-order valence-electron chi connectivity index (χ1n) is 7.52. The molecule has 0 fully saturated rings. The molecule has 22 heavy (non-hydrogen) atoms. The van der Waals surface area contributed by atoms with Crippen LogP contribution >= 0.6 is 0 Å². The third-order valence-corrected chi connectivity index (χ3v) is 3.74. The van der Waals surface area contributed by atoms with E-state index < -0.39 is 0 Å². The van der Waals surface area contributed by atoms with E-state index in [-0.39, 0.29) is 0 Å². The molecule has 3 rings (SSSR count). The average molecular weight is 293 g/mol. The van der Waals surface area contributed by atoms with Gasteiger partial charge in [0.15, 0.2) is 0 Å². The van der Waals surface area contributed by atoms with Gasteiger partial charge in [-0.3, -0.25) is 0 Å². The van der Waals surface area contributed by atoms with Crippen molar-refractivity contribution in [3.05, 3.63) is 72.1 Å². The lowest BCUT2D eigenvalue weighted by atomic mass is 9.92. The van der Waals surface area contributed by atoms with Crippen LogP contribution in [0.2, 0.25) is 0 Å². The van der Waals surface area contributed by atoms with Gasteiger partial charge in [0.1, 0.15) is 11.5 Å². The van der Waals surface area contributed by atoms with Crippen LogP contribution in [0.5, 0.6) is 11.5 Å². The van der Waals surface area contributed by atoms with Crippen LogP contribution in [0.4, 0.5) is 0 Å². The maximum absolute atomic E-state index is 5.83. The number of hydrogen-bond donors (Lipinski definition) is 1. The van der Waals surface area contributed by atoms with Crippen LogP contribution < -0.4 is 4.74 Å². The van der Waals surface area contributed by atoms with Crippen molar-refractivity contribution in [2.45, 2.75) is 25.7 Å². The van der Waals surface area contributed by atoms with Crippen LogP contribution in [0, 0.1) is 0 Å². The Morgan fingerprint density at radius 3 is 2.36 bits per heavy atom. The fourth-order valence-electron chi connectivity index (χ4n) is 2.51. The zero-order chi connectivity index (χ0) is 15.2. The Labute approximate surface area is 130 Å². The van der Waals surface area contributed by atoms with Crippen LogP contribution in [0.3, 0.4) is 0 Å². The Morgan fingerprint density at radius 2 is 1.73 bits per heavy atom. The molecule has 1 aromatic heterocycles. The number of ether oxygens (including phenoxy) is 1. The molecule has 0 aliphatic rings. The molecule has 0 amide bonds. The smallest absolute Gasteiger partial charge is 0.127 e. The third-order valence-electron chi connectivity index (χ3n) is 3.74. The number of nitrogens with zero attached hydrogens (tertiary/aromatic N) is 2. The Kier molecular flexibility index (Phi) is 4.49. The molecule has 1 heterocycles. The van der Waals surface area contributed by atoms with Gasteiger partial charge >= 0.3 is 0 Å². The number of aromatic nitrogens is 3. The lowest BCUT2D eigenvalue weighted by molar-refractivity contribution is 0.482. The molecule has 1 unspecified atom stereocenters. The number of aromatic amines is 1. The molecule has 0 spiro atoms. The summed E-state index contributed by atoms with van der Waals surface area (Å²) in [7, 11) is 0. The summed E-state index contributed by atoms with van der Waals surface area (Å²) >= 11 is 0. The minimum absolute atomic E-state index is 0.441. The summed E-state index contributed by atoms with van der Waals surface area (Å²) in [6, 6.07) is 18.1. The summed E-state index contributed by atoms with van der Waals surface area (Å²) in [6.45, 7) is 2.19. The number of hydrogen-bond acceptors (Lipinski definition) is 3. The van der Waals surface area contributed by atoms with Crippen LogP contribution in [-0.4, -0.2) is 15.4 Å². The SMILES string of the molecule is CCC(Cc1cn[nH]n1)c1ccc(Oc2ccccc2)cc1. The van der Waals surface area contributed by atoms with E-state index in [0.29, 0.717) is 5.92 Å². The standard InChI is InChI=1S/C18H19N3O/c1-2-14(12-16-13-19-21-20-16)15-8-10-18(11-9-15)22-17-6-4-3-5-7-17/h3-11,13-14H,2,12H2,1H3,(H,19,20,21). The van der Waals surface area contributed by atoms with Crippen LogP contribution in [0.25, 0.3) is 0 Å². The predicted octanol–water partition coefficient (Wildman–Crippen LogP) is 4.33. The zero-order valence-corrected chi connectivity index (χ0v) is 12.6. The molecule has 0 aliphatic carbocycles. The van der Waals surface area contributed by atoms with E-state index in [9.17, 15) is 0 Å². The highest BCUT2D eigenvalue weighted by Gasteiger charge is 2.12. The molecular formula is C18H19N3O. The second-order valence-corrected chi connectivity index (χ2v) is 5.25. The Morgan fingerprint density at radius 1 is 1.00 bits per heavy atom. The van der Waals surface area contributed by atoms with Gasteiger partial charge in [0.05, 0.1) is 11.9 Å². The Bertz CT molecular complexity index is 678. The van der Waals surface area contributed by atoms with E-state index >= 15 is 0 Å². The molecule has 0 radical (unpaired) electrons. The molecule has 112 valence electrons. The fraction of sp³-hybridized carbons (Fsp3) is 0.222. The molecule has 0 bridgehead atoms. The summed E-state index contributed by atoms with van der Waals surface area (Å²) in [5.41, 5.74) is 2.29. The topological polar surface area (TPSA) is 50.8 Å². The normalized spacial score (nSPS) is 12.0. The lowest BCUT2D eigenvalue weighted by Gasteiger charge is -2.14. The second kappa shape index (κ2) is 6.89. The van der Waals surface area contributed by atoms with Gasteiger partial charge in [-0.15, -0.1) is 0 Å². The highest BCUT2D eigenvalue weighted by molar-refractivity contribution is 5.34. The Balaban J connectivity index is 1.69. The van der Waals surface area contributed by atoms with Crippen LogP contribution in [-0.2, 0) is 6.42 Å². The summed E-state index contributed by atoms with van der Waals surface area (Å²) in [5.74, 6) is 2.15. The maximum atomic E-state index is 5.83. The molecule has 0 saturated heterocycles. The van der Waals surface area contributed by atoms with Crippen molar-refractivity contribution in [3.8, 4) is 11.5 Å². The molecular weight excluding hydrogens is 274 g/mol. The molecule has 4 heteroatoms. The minimum atomic E-state index is 0.441. The fourth-order valence-corrected chi connectivity index (χ4v) is 2.51. The summed E-state index contributed by atoms with van der Waals surface area (Å²) in [4.78, 5) is 0. The number of benzene rings is 2. The van der Waals surface area contributed by atoms with Gasteiger partial charge < -0.3 is 4.74 Å². The monoisotopic (exact) mass is 293 g/mol. The molecule has 1 atom stereocenters. The van der Waals surface area contributed by atoms with E-state index in [0.717, 1.165) is 30.0 Å². The van der Waals surface area contributed by atoms with Gasteiger partial charge in [-0.2, -0.15) is 15.4 Å². The predicted molar refractivity (Wildman–Crippen MR) is 86.1 cm³/mol. The van der Waals surface area contributed by atoms with E-state index in [1.807, 2.05) is 42.5 Å². The second-order valence-electron chi connectivity index (χ2n) is 5.25. The van der Waals surface area contributed by atoms with Crippen molar-refractivity contribution in [2.75, 3.05) is 0 Å². The summed E-state index contributed by atoms with van der Waals surface area (Å²) in [5, 5.41) is 10.7. The molecule has 0 saturated carbocycles. The zero-order valence-electron chi connectivity index (χ0n) is 12.6. The van der Waals surface area contributed by atoms with Crippen molar-refractivity contribution in [1.82, 2.24) is 15.4 Å². The highest BCUT2D eigenvalue weighted by atomic mass is 16.5. The quantitative estimate of drug-likeness (QED) is 0.735. The molecule has 1 N–H and O–H groups in total. The van der Waals surface area contributed by atoms with Crippen molar-refractivity contribution in [2.24, 2.45) is 0 Å². The van der Waals surface area contributed by atoms with Crippen molar-refractivity contribution in [3.63, 3.8) is 0 Å². The first-order valence-corrected chi connectivity index (χ1v) is 7.52. The molecule has 3 aromatic rings. The molecule has 2 aromatic carbocycles. The largest absolute Gasteiger partial charge is 0.457 e. The number of rotatable bonds is 6. The molecule has 4 nitrogen and oxygen atoms in total. The van der Waals surface area contributed by atoms with Crippen LogP contribution in [0.1, 0.15) is 30.5 Å². The first kappa shape index (κ1) is 14.3. The van der Waals surface area contributed by atoms with Crippen molar-refractivity contribution < 1.29 is 4.74 Å². The third kappa shape index (κ3) is 3.52. The summed E-state index contributed by atoms with van der Waals surface area (Å²) in [6.07, 6.45) is 3.74. The van der Waals surface area contributed by atoms with Crippen LogP contribution in [0.15, 0.2) is 60.8 Å². The van der Waals surface area contributed by atoms with Gasteiger partial charge in [0.25, 0.3) is 0 Å². The van der Waals surface area contributed by atoms with E-state index in [4.69, 9.17) is 4.74 Å². The highest BCUT2D eigenvalue weighted by Crippen LogP contribution is 2.27. The van der Waals surface area contributed by atoms with E-state index in [2.05, 4.69) is 34.5 Å². The van der Waals surface area contributed by atoms with E-state index in [1.54, 1.807) is 6.20 Å². The summed E-state index contributed by atoms with van der Waals surface area (Å²) < 4.78 is 5.83. The number of para-hydroxylation sites is 1. The van der Waals surface area contributed by atoms with Gasteiger partial charge in [0.2, 0.25) is 0 Å².